The molecule has 0 aromatic heterocycles. The van der Waals surface area contributed by atoms with Crippen LogP contribution < -0.4 is 9.64 Å². The number of ketones is 1. The minimum absolute atomic E-state index is 0.0666. The van der Waals surface area contributed by atoms with E-state index in [-0.39, 0.29) is 31.3 Å². The number of benzene rings is 2. The average Bonchev–Trinajstić information content (AvgIpc) is 3.13. The molecule has 1 heterocycles. The van der Waals surface area contributed by atoms with Crippen LogP contribution in [-0.2, 0) is 14.3 Å². The van der Waals surface area contributed by atoms with Gasteiger partial charge in [-0.05, 0) is 49.7 Å². The highest BCUT2D eigenvalue weighted by Gasteiger charge is 2.21. The summed E-state index contributed by atoms with van der Waals surface area (Å²) in [5.74, 6) is 0.0127. The number of amides is 1. The number of anilines is 1. The van der Waals surface area contributed by atoms with Crippen molar-refractivity contribution in [2.45, 2.75) is 26.2 Å². The maximum atomic E-state index is 12.2. The second-order valence-electron chi connectivity index (χ2n) is 6.69. The van der Waals surface area contributed by atoms with Crippen LogP contribution in [0.4, 0.5) is 5.69 Å². The van der Waals surface area contributed by atoms with E-state index in [0.29, 0.717) is 24.3 Å². The first-order valence-electron chi connectivity index (χ1n) is 9.31. The summed E-state index contributed by atoms with van der Waals surface area (Å²) >= 11 is 0. The third kappa shape index (κ3) is 5.19. The predicted octanol–water partition coefficient (Wildman–Crippen LogP) is 3.32. The van der Waals surface area contributed by atoms with Gasteiger partial charge in [-0.1, -0.05) is 17.7 Å². The molecule has 6 heteroatoms. The quantitative estimate of drug-likeness (QED) is 0.518. The van der Waals surface area contributed by atoms with Crippen LogP contribution in [0, 0.1) is 6.92 Å². The summed E-state index contributed by atoms with van der Waals surface area (Å²) in [4.78, 5) is 37.4. The minimum atomic E-state index is -0.486. The zero-order valence-electron chi connectivity index (χ0n) is 15.8. The topological polar surface area (TPSA) is 72.9 Å². The predicted molar refractivity (Wildman–Crippen MR) is 105 cm³/mol. The highest BCUT2D eigenvalue weighted by atomic mass is 16.5. The molecule has 0 N–H and O–H groups in total. The normalized spacial score (nSPS) is 13.5. The number of aryl methyl sites for hydroxylation is 1. The zero-order valence-corrected chi connectivity index (χ0v) is 15.8. The van der Waals surface area contributed by atoms with E-state index < -0.39 is 5.97 Å². The molecule has 1 aliphatic heterocycles. The van der Waals surface area contributed by atoms with E-state index in [1.165, 1.54) is 0 Å². The SMILES string of the molecule is Cc1ccc(OCCC(=O)OCC(=O)c2ccc(N3CCCC3=O)cc2)cc1. The van der Waals surface area contributed by atoms with Gasteiger partial charge in [-0.15, -0.1) is 0 Å². The lowest BCUT2D eigenvalue weighted by Gasteiger charge is -2.15. The number of Topliss-reactive ketones (excluding diaryl/α,β-unsaturated/α-hetero) is 1. The fourth-order valence-electron chi connectivity index (χ4n) is 2.94. The van der Waals surface area contributed by atoms with Gasteiger partial charge in [0.15, 0.2) is 12.4 Å². The van der Waals surface area contributed by atoms with Crippen LogP contribution in [0.5, 0.6) is 5.75 Å². The van der Waals surface area contributed by atoms with Crippen molar-refractivity contribution in [2.24, 2.45) is 0 Å². The molecule has 2 aromatic rings. The first-order chi connectivity index (χ1) is 13.5. The molecule has 6 nitrogen and oxygen atoms in total. The number of carbonyl (C=O) groups excluding carboxylic acids is 3. The fourth-order valence-corrected chi connectivity index (χ4v) is 2.94. The van der Waals surface area contributed by atoms with Gasteiger partial charge < -0.3 is 14.4 Å². The fraction of sp³-hybridized carbons (Fsp3) is 0.318. The molecule has 28 heavy (non-hydrogen) atoms. The Labute approximate surface area is 164 Å². The van der Waals surface area contributed by atoms with Crippen LogP contribution in [0.15, 0.2) is 48.5 Å². The van der Waals surface area contributed by atoms with Gasteiger partial charge in [-0.2, -0.15) is 0 Å². The number of esters is 1. The Hall–Kier alpha value is -3.15. The summed E-state index contributed by atoms with van der Waals surface area (Å²) in [5.41, 5.74) is 2.36. The monoisotopic (exact) mass is 381 g/mol. The molecule has 3 rings (SSSR count). The van der Waals surface area contributed by atoms with Crippen molar-refractivity contribution in [1.29, 1.82) is 0 Å². The summed E-state index contributed by atoms with van der Waals surface area (Å²) in [6.45, 7) is 2.56. The third-order valence-corrected chi connectivity index (χ3v) is 4.53. The average molecular weight is 381 g/mol. The van der Waals surface area contributed by atoms with Gasteiger partial charge in [0.2, 0.25) is 5.91 Å². The van der Waals surface area contributed by atoms with Crippen molar-refractivity contribution in [3.05, 3.63) is 59.7 Å². The second kappa shape index (κ2) is 9.17. The van der Waals surface area contributed by atoms with E-state index in [1.54, 1.807) is 29.2 Å². The number of rotatable bonds is 8. The molecule has 2 aromatic carbocycles. The summed E-state index contributed by atoms with van der Waals surface area (Å²) in [6, 6.07) is 14.3. The van der Waals surface area contributed by atoms with E-state index in [0.717, 1.165) is 17.7 Å². The first kappa shape index (κ1) is 19.6. The van der Waals surface area contributed by atoms with Gasteiger partial charge in [0.1, 0.15) is 5.75 Å². The van der Waals surface area contributed by atoms with E-state index >= 15 is 0 Å². The van der Waals surface area contributed by atoms with Crippen molar-refractivity contribution in [1.82, 2.24) is 0 Å². The molecule has 1 saturated heterocycles. The van der Waals surface area contributed by atoms with Crippen molar-refractivity contribution in [3.8, 4) is 5.75 Å². The maximum absolute atomic E-state index is 12.2. The van der Waals surface area contributed by atoms with Crippen LogP contribution in [0.2, 0.25) is 0 Å². The molecule has 0 unspecified atom stereocenters. The Kier molecular flexibility index (Phi) is 6.42. The van der Waals surface area contributed by atoms with Crippen molar-refractivity contribution in [2.75, 3.05) is 24.7 Å². The highest BCUT2D eigenvalue weighted by molar-refractivity contribution is 5.99. The molecule has 0 atom stereocenters. The van der Waals surface area contributed by atoms with Gasteiger partial charge in [0.05, 0.1) is 13.0 Å². The van der Waals surface area contributed by atoms with Crippen LogP contribution >= 0.6 is 0 Å². The third-order valence-electron chi connectivity index (χ3n) is 4.53. The van der Waals surface area contributed by atoms with E-state index in [1.807, 2.05) is 31.2 Å². The van der Waals surface area contributed by atoms with Gasteiger partial charge in [-0.25, -0.2) is 0 Å². The Morgan fingerprint density at radius 3 is 2.39 bits per heavy atom. The van der Waals surface area contributed by atoms with Crippen molar-refractivity contribution in [3.63, 3.8) is 0 Å². The largest absolute Gasteiger partial charge is 0.493 e. The molecule has 0 radical (unpaired) electrons. The molecule has 1 amide bonds. The molecule has 0 bridgehead atoms. The summed E-state index contributed by atoms with van der Waals surface area (Å²) in [5, 5.41) is 0. The van der Waals surface area contributed by atoms with E-state index in [2.05, 4.69) is 0 Å². The van der Waals surface area contributed by atoms with Crippen LogP contribution in [0.3, 0.4) is 0 Å². The molecular weight excluding hydrogens is 358 g/mol. The second-order valence-corrected chi connectivity index (χ2v) is 6.69. The number of ether oxygens (including phenoxy) is 2. The number of hydrogen-bond acceptors (Lipinski definition) is 5. The Bertz CT molecular complexity index is 842. The summed E-state index contributed by atoms with van der Waals surface area (Å²) < 4.78 is 10.5. The smallest absolute Gasteiger partial charge is 0.309 e. The standard InChI is InChI=1S/C22H23NO5/c1-16-4-10-19(11-5-16)27-14-12-22(26)28-15-20(24)17-6-8-18(9-7-17)23-13-2-3-21(23)25/h4-11H,2-3,12-15H2,1H3. The minimum Gasteiger partial charge on any atom is -0.493 e. The zero-order chi connectivity index (χ0) is 19.9. The van der Waals surface area contributed by atoms with Crippen molar-refractivity contribution >= 4 is 23.3 Å². The van der Waals surface area contributed by atoms with E-state index in [9.17, 15) is 14.4 Å². The molecule has 0 saturated carbocycles. The Morgan fingerprint density at radius 2 is 1.75 bits per heavy atom. The first-order valence-corrected chi connectivity index (χ1v) is 9.31. The van der Waals surface area contributed by atoms with E-state index in [4.69, 9.17) is 9.47 Å². The molecule has 0 aliphatic carbocycles. The molecule has 1 aliphatic rings. The van der Waals surface area contributed by atoms with Gasteiger partial charge in [0, 0.05) is 24.2 Å². The summed E-state index contributed by atoms with van der Waals surface area (Å²) in [7, 11) is 0. The summed E-state index contributed by atoms with van der Waals surface area (Å²) in [6.07, 6.45) is 1.48. The lowest BCUT2D eigenvalue weighted by atomic mass is 10.1. The van der Waals surface area contributed by atoms with Crippen LogP contribution in [-0.4, -0.2) is 37.4 Å². The molecule has 1 fully saturated rings. The number of carbonyl (C=O) groups is 3. The molecular formula is C22H23NO5. The Morgan fingerprint density at radius 1 is 1.04 bits per heavy atom. The van der Waals surface area contributed by atoms with Crippen LogP contribution in [0.1, 0.15) is 35.2 Å². The van der Waals surface area contributed by atoms with Crippen molar-refractivity contribution < 1.29 is 23.9 Å². The molecule has 146 valence electrons. The van der Waals surface area contributed by atoms with Gasteiger partial charge in [-0.3, -0.25) is 14.4 Å². The Balaban J connectivity index is 1.41. The lowest BCUT2D eigenvalue weighted by Crippen LogP contribution is -2.23. The lowest BCUT2D eigenvalue weighted by molar-refractivity contribution is -0.143. The maximum Gasteiger partial charge on any atom is 0.309 e. The van der Waals surface area contributed by atoms with Gasteiger partial charge in [0.25, 0.3) is 0 Å². The van der Waals surface area contributed by atoms with Gasteiger partial charge >= 0.3 is 5.97 Å². The van der Waals surface area contributed by atoms with Crippen LogP contribution in [0.25, 0.3) is 0 Å². The highest BCUT2D eigenvalue weighted by Crippen LogP contribution is 2.21. The number of nitrogens with zero attached hydrogens (tertiary/aromatic N) is 1. The number of hydrogen-bond donors (Lipinski definition) is 0. The molecule has 0 spiro atoms.